The molecule has 1 N–H and O–H groups in total. The van der Waals surface area contributed by atoms with E-state index in [0.29, 0.717) is 18.1 Å². The van der Waals surface area contributed by atoms with Crippen LogP contribution in [0, 0.1) is 0 Å². The van der Waals surface area contributed by atoms with Crippen LogP contribution in [-0.2, 0) is 0 Å². The fraction of sp³-hybridized carbons (Fsp3) is 0.833. The molecule has 2 nitrogen and oxygen atoms in total. The van der Waals surface area contributed by atoms with E-state index in [1.54, 1.807) is 0 Å². The third-order valence-corrected chi connectivity index (χ3v) is 3.27. The van der Waals surface area contributed by atoms with Gasteiger partial charge in [0.1, 0.15) is 0 Å². The average molecular weight is 196 g/mol. The van der Waals surface area contributed by atoms with E-state index < -0.39 is 0 Å². The van der Waals surface area contributed by atoms with Crippen LogP contribution < -0.4 is 5.32 Å². The minimum Gasteiger partial charge on any atom is -0.311 e. The monoisotopic (exact) mass is 196 g/mol. The van der Waals surface area contributed by atoms with Crippen molar-refractivity contribution in [2.75, 3.05) is 13.1 Å². The van der Waals surface area contributed by atoms with E-state index in [2.05, 4.69) is 37.6 Å². The van der Waals surface area contributed by atoms with Crippen molar-refractivity contribution in [3.63, 3.8) is 0 Å². The average Bonchev–Trinajstić information content (AvgIpc) is 2.19. The minimum absolute atomic E-state index is 0.638. The van der Waals surface area contributed by atoms with E-state index in [4.69, 9.17) is 0 Å². The molecule has 1 aliphatic heterocycles. The highest BCUT2D eigenvalue weighted by molar-refractivity contribution is 4.88. The summed E-state index contributed by atoms with van der Waals surface area (Å²) in [4.78, 5) is 2.60. The second-order valence-corrected chi connectivity index (χ2v) is 4.43. The molecule has 82 valence electrons. The van der Waals surface area contributed by atoms with E-state index >= 15 is 0 Å². The Labute approximate surface area is 88.4 Å². The molecule has 0 aromatic heterocycles. The molecule has 1 aliphatic rings. The van der Waals surface area contributed by atoms with Crippen LogP contribution in [-0.4, -0.2) is 36.1 Å². The quantitative estimate of drug-likeness (QED) is 0.692. The van der Waals surface area contributed by atoms with Crippen LogP contribution in [0.25, 0.3) is 0 Å². The first kappa shape index (κ1) is 11.7. The Kier molecular flexibility index (Phi) is 4.63. The number of nitrogens with one attached hydrogen (secondary N) is 1. The van der Waals surface area contributed by atoms with Crippen molar-refractivity contribution in [3.05, 3.63) is 12.7 Å². The number of piperazine rings is 1. The molecule has 1 heterocycles. The van der Waals surface area contributed by atoms with Gasteiger partial charge in [0.25, 0.3) is 0 Å². The molecule has 3 atom stereocenters. The molecule has 0 amide bonds. The Morgan fingerprint density at radius 2 is 2.36 bits per heavy atom. The normalized spacial score (nSPS) is 31.4. The molecule has 0 aromatic carbocycles. The standard InChI is InChI=1S/C12H24N2/c1-5-7-10(3)14-9-12(6-2)13-8-11(14)4/h5,10-13H,1,6-9H2,2-4H3. The second kappa shape index (κ2) is 5.52. The Hall–Kier alpha value is -0.340. The molecule has 0 spiro atoms. The molecule has 2 heteroatoms. The molecular formula is C12H24N2. The summed E-state index contributed by atoms with van der Waals surface area (Å²) in [6, 6.07) is 1.98. The Morgan fingerprint density at radius 1 is 1.64 bits per heavy atom. The first-order valence-corrected chi connectivity index (χ1v) is 5.79. The van der Waals surface area contributed by atoms with Crippen molar-refractivity contribution in [1.29, 1.82) is 0 Å². The maximum atomic E-state index is 3.82. The van der Waals surface area contributed by atoms with Gasteiger partial charge in [0.15, 0.2) is 0 Å². The lowest BCUT2D eigenvalue weighted by Gasteiger charge is -2.42. The molecular weight excluding hydrogens is 172 g/mol. The van der Waals surface area contributed by atoms with E-state index in [1.165, 1.54) is 13.0 Å². The van der Waals surface area contributed by atoms with Crippen LogP contribution in [0.15, 0.2) is 12.7 Å². The Balaban J connectivity index is 2.50. The van der Waals surface area contributed by atoms with Crippen molar-refractivity contribution in [2.24, 2.45) is 0 Å². The topological polar surface area (TPSA) is 15.3 Å². The van der Waals surface area contributed by atoms with Gasteiger partial charge in [-0.2, -0.15) is 0 Å². The molecule has 0 radical (unpaired) electrons. The maximum Gasteiger partial charge on any atom is 0.0196 e. The minimum atomic E-state index is 0.638. The van der Waals surface area contributed by atoms with Crippen LogP contribution in [0.2, 0.25) is 0 Å². The predicted octanol–water partition coefficient (Wildman–Crippen LogP) is 2.02. The van der Waals surface area contributed by atoms with E-state index in [-0.39, 0.29) is 0 Å². The summed E-state index contributed by atoms with van der Waals surface area (Å²) in [7, 11) is 0. The largest absolute Gasteiger partial charge is 0.311 e. The molecule has 0 saturated carbocycles. The van der Waals surface area contributed by atoms with Crippen molar-refractivity contribution >= 4 is 0 Å². The third kappa shape index (κ3) is 2.82. The molecule has 1 saturated heterocycles. The zero-order valence-corrected chi connectivity index (χ0v) is 9.79. The van der Waals surface area contributed by atoms with Gasteiger partial charge in [0.05, 0.1) is 0 Å². The van der Waals surface area contributed by atoms with Gasteiger partial charge >= 0.3 is 0 Å². The lowest BCUT2D eigenvalue weighted by atomic mass is 10.0. The van der Waals surface area contributed by atoms with Crippen LogP contribution in [0.5, 0.6) is 0 Å². The fourth-order valence-corrected chi connectivity index (χ4v) is 2.22. The van der Waals surface area contributed by atoms with Gasteiger partial charge in [-0.15, -0.1) is 6.58 Å². The highest BCUT2D eigenvalue weighted by atomic mass is 15.2. The number of nitrogens with zero attached hydrogens (tertiary/aromatic N) is 1. The highest BCUT2D eigenvalue weighted by Crippen LogP contribution is 2.14. The molecule has 3 unspecified atom stereocenters. The van der Waals surface area contributed by atoms with Crippen LogP contribution in [0.4, 0.5) is 0 Å². The third-order valence-electron chi connectivity index (χ3n) is 3.27. The first-order chi connectivity index (χ1) is 6.69. The highest BCUT2D eigenvalue weighted by Gasteiger charge is 2.26. The van der Waals surface area contributed by atoms with Crippen LogP contribution >= 0.6 is 0 Å². The molecule has 0 bridgehead atoms. The molecule has 1 fully saturated rings. The number of hydrogen-bond acceptors (Lipinski definition) is 2. The van der Waals surface area contributed by atoms with Crippen LogP contribution in [0.3, 0.4) is 0 Å². The lowest BCUT2D eigenvalue weighted by molar-refractivity contribution is 0.0987. The lowest BCUT2D eigenvalue weighted by Crippen LogP contribution is -2.57. The summed E-state index contributed by atoms with van der Waals surface area (Å²) >= 11 is 0. The Bertz CT molecular complexity index is 179. The van der Waals surface area contributed by atoms with Gasteiger partial charge in [-0.25, -0.2) is 0 Å². The number of hydrogen-bond donors (Lipinski definition) is 1. The SMILES string of the molecule is C=CCC(C)N1CC(CC)NCC1C. The molecule has 0 aliphatic carbocycles. The van der Waals surface area contributed by atoms with Crippen LogP contribution in [0.1, 0.15) is 33.6 Å². The molecule has 0 aromatic rings. The summed E-state index contributed by atoms with van der Waals surface area (Å²) in [5, 5.41) is 3.58. The predicted molar refractivity (Wildman–Crippen MR) is 62.5 cm³/mol. The molecule has 14 heavy (non-hydrogen) atoms. The van der Waals surface area contributed by atoms with Crippen molar-refractivity contribution < 1.29 is 0 Å². The maximum absolute atomic E-state index is 3.82. The summed E-state index contributed by atoms with van der Waals surface area (Å²) in [6.45, 7) is 13.0. The zero-order chi connectivity index (χ0) is 10.6. The summed E-state index contributed by atoms with van der Waals surface area (Å²) < 4.78 is 0. The summed E-state index contributed by atoms with van der Waals surface area (Å²) in [5.41, 5.74) is 0. The van der Waals surface area contributed by atoms with Gasteiger partial charge < -0.3 is 5.32 Å². The summed E-state index contributed by atoms with van der Waals surface area (Å²) in [6.07, 6.45) is 4.35. The van der Waals surface area contributed by atoms with Gasteiger partial charge in [0, 0.05) is 31.2 Å². The van der Waals surface area contributed by atoms with E-state index in [9.17, 15) is 0 Å². The van der Waals surface area contributed by atoms with Gasteiger partial charge in [-0.1, -0.05) is 13.0 Å². The smallest absolute Gasteiger partial charge is 0.0196 e. The van der Waals surface area contributed by atoms with Crippen molar-refractivity contribution in [2.45, 2.75) is 51.7 Å². The van der Waals surface area contributed by atoms with Gasteiger partial charge in [-0.3, -0.25) is 4.90 Å². The zero-order valence-electron chi connectivity index (χ0n) is 9.79. The van der Waals surface area contributed by atoms with Crippen molar-refractivity contribution in [3.8, 4) is 0 Å². The summed E-state index contributed by atoms with van der Waals surface area (Å²) in [5.74, 6) is 0. The Morgan fingerprint density at radius 3 is 2.93 bits per heavy atom. The second-order valence-electron chi connectivity index (χ2n) is 4.43. The van der Waals surface area contributed by atoms with E-state index in [0.717, 1.165) is 13.0 Å². The van der Waals surface area contributed by atoms with Crippen molar-refractivity contribution in [1.82, 2.24) is 10.2 Å². The van der Waals surface area contributed by atoms with Gasteiger partial charge in [0.2, 0.25) is 0 Å². The fourth-order valence-electron chi connectivity index (χ4n) is 2.22. The first-order valence-electron chi connectivity index (χ1n) is 5.79. The van der Waals surface area contributed by atoms with E-state index in [1.807, 2.05) is 6.08 Å². The molecule has 1 rings (SSSR count). The van der Waals surface area contributed by atoms with Gasteiger partial charge in [-0.05, 0) is 26.7 Å². The number of rotatable bonds is 4.